The van der Waals surface area contributed by atoms with Crippen molar-refractivity contribution in [3.63, 3.8) is 0 Å². The van der Waals surface area contributed by atoms with Gasteiger partial charge in [-0.05, 0) is 129 Å². The minimum absolute atomic E-state index is 0.131. The highest BCUT2D eigenvalue weighted by molar-refractivity contribution is 5.97. The van der Waals surface area contributed by atoms with Crippen LogP contribution in [0.4, 0.5) is 0 Å². The SMILES string of the molecule is Cc1ccc(-c2ccnc(-c3cc(-c4cccc5c4nc(-c4cc(C(C)(C)C)cc(C(C)(C)C)c4O)n5-c4ccc(-c5ccccc5)c(CC(C)C)c4)cc(C(C)(C)C)c3)c2)cc1. The lowest BCUT2D eigenvalue weighted by atomic mass is 9.79. The van der Waals surface area contributed by atoms with Crippen LogP contribution in [0.2, 0.25) is 0 Å². The van der Waals surface area contributed by atoms with Gasteiger partial charge in [-0.15, -0.1) is 0 Å². The molecule has 0 saturated carbocycles. The van der Waals surface area contributed by atoms with Gasteiger partial charge in [0.15, 0.2) is 0 Å². The molecule has 320 valence electrons. The van der Waals surface area contributed by atoms with Gasteiger partial charge in [0, 0.05) is 28.6 Å². The van der Waals surface area contributed by atoms with Crippen molar-refractivity contribution in [2.24, 2.45) is 5.92 Å². The van der Waals surface area contributed by atoms with Crippen LogP contribution in [0.15, 0.2) is 140 Å². The number of hydrogen-bond donors (Lipinski definition) is 1. The van der Waals surface area contributed by atoms with Crippen molar-refractivity contribution in [2.75, 3.05) is 0 Å². The first-order chi connectivity index (χ1) is 29.8. The average molecular weight is 830 g/mol. The smallest absolute Gasteiger partial charge is 0.149 e. The lowest BCUT2D eigenvalue weighted by Gasteiger charge is -2.27. The molecule has 2 aromatic heterocycles. The number of phenolic OH excluding ortho intramolecular Hbond substituents is 1. The molecule has 8 aromatic rings. The minimum atomic E-state index is -0.307. The Hall–Kier alpha value is -6.26. The molecule has 8 rings (SSSR count). The van der Waals surface area contributed by atoms with E-state index < -0.39 is 0 Å². The zero-order valence-electron chi connectivity index (χ0n) is 39.4. The van der Waals surface area contributed by atoms with E-state index in [1.165, 1.54) is 33.4 Å². The quantitative estimate of drug-likeness (QED) is 0.166. The molecule has 0 amide bonds. The number of rotatable bonds is 8. The van der Waals surface area contributed by atoms with Crippen molar-refractivity contribution in [3.8, 4) is 67.5 Å². The molecule has 0 aliphatic carbocycles. The number of fused-ring (bicyclic) bond motifs is 1. The van der Waals surface area contributed by atoms with Gasteiger partial charge in [-0.25, -0.2) is 4.98 Å². The second kappa shape index (κ2) is 16.5. The maximum atomic E-state index is 12.5. The van der Waals surface area contributed by atoms with Crippen LogP contribution in [0.1, 0.15) is 104 Å². The van der Waals surface area contributed by atoms with Crippen molar-refractivity contribution >= 4 is 11.0 Å². The summed E-state index contributed by atoms with van der Waals surface area (Å²) in [6.07, 6.45) is 2.84. The first-order valence-electron chi connectivity index (χ1n) is 22.5. The zero-order valence-corrected chi connectivity index (χ0v) is 39.4. The molecule has 0 radical (unpaired) electrons. The topological polar surface area (TPSA) is 50.9 Å². The van der Waals surface area contributed by atoms with E-state index in [-0.39, 0.29) is 22.0 Å². The van der Waals surface area contributed by atoms with Gasteiger partial charge in [-0.3, -0.25) is 9.55 Å². The Kier molecular flexibility index (Phi) is 11.3. The van der Waals surface area contributed by atoms with Crippen molar-refractivity contribution in [1.29, 1.82) is 0 Å². The number of nitrogens with zero attached hydrogens (tertiary/aromatic N) is 3. The summed E-state index contributed by atoms with van der Waals surface area (Å²) in [5.41, 5.74) is 17.6. The maximum absolute atomic E-state index is 12.5. The number of pyridine rings is 1. The molecule has 0 fully saturated rings. The number of aromatic nitrogens is 3. The molecule has 0 bridgehead atoms. The molecule has 63 heavy (non-hydrogen) atoms. The Bertz CT molecular complexity index is 2950. The highest BCUT2D eigenvalue weighted by Gasteiger charge is 2.29. The van der Waals surface area contributed by atoms with Crippen LogP contribution < -0.4 is 0 Å². The van der Waals surface area contributed by atoms with E-state index in [1.54, 1.807) is 0 Å². The number of phenols is 1. The van der Waals surface area contributed by atoms with Gasteiger partial charge in [0.25, 0.3) is 0 Å². The molecule has 0 aliphatic heterocycles. The van der Waals surface area contributed by atoms with E-state index in [0.29, 0.717) is 11.7 Å². The van der Waals surface area contributed by atoms with E-state index >= 15 is 0 Å². The molecule has 4 nitrogen and oxygen atoms in total. The molecule has 2 heterocycles. The molecule has 0 spiro atoms. The summed E-state index contributed by atoms with van der Waals surface area (Å²) < 4.78 is 2.28. The van der Waals surface area contributed by atoms with Gasteiger partial charge in [0.1, 0.15) is 11.6 Å². The summed E-state index contributed by atoms with van der Waals surface area (Å²) in [5.74, 6) is 1.44. The summed E-state index contributed by atoms with van der Waals surface area (Å²) in [7, 11) is 0. The van der Waals surface area contributed by atoms with Gasteiger partial charge in [0.05, 0.1) is 22.3 Å². The van der Waals surface area contributed by atoms with E-state index in [0.717, 1.165) is 67.8 Å². The Balaban J connectivity index is 1.42. The lowest BCUT2D eigenvalue weighted by Crippen LogP contribution is -2.17. The molecule has 1 N–H and O–H groups in total. The predicted octanol–water partition coefficient (Wildman–Crippen LogP) is 15.9. The molecule has 4 heteroatoms. The summed E-state index contributed by atoms with van der Waals surface area (Å²) in [5, 5.41) is 12.5. The van der Waals surface area contributed by atoms with Gasteiger partial charge < -0.3 is 5.11 Å². The van der Waals surface area contributed by atoms with E-state index in [1.807, 2.05) is 6.20 Å². The third-order valence-electron chi connectivity index (χ3n) is 12.3. The second-order valence-corrected chi connectivity index (χ2v) is 21.0. The Morgan fingerprint density at radius 3 is 1.90 bits per heavy atom. The molecule has 0 saturated heterocycles. The number of imidazole rings is 1. The largest absolute Gasteiger partial charge is 0.507 e. The van der Waals surface area contributed by atoms with Crippen molar-refractivity contribution in [1.82, 2.24) is 14.5 Å². The van der Waals surface area contributed by atoms with Crippen molar-refractivity contribution < 1.29 is 5.11 Å². The van der Waals surface area contributed by atoms with Crippen LogP contribution in [0.25, 0.3) is 72.7 Å². The first kappa shape index (κ1) is 43.4. The number of hydrogen-bond acceptors (Lipinski definition) is 3. The van der Waals surface area contributed by atoms with Crippen LogP contribution in [0.5, 0.6) is 5.75 Å². The molecular weight excluding hydrogens is 767 g/mol. The first-order valence-corrected chi connectivity index (χ1v) is 22.5. The minimum Gasteiger partial charge on any atom is -0.507 e. The zero-order chi connectivity index (χ0) is 45.0. The maximum Gasteiger partial charge on any atom is 0.149 e. The number of benzene rings is 6. The monoisotopic (exact) mass is 829 g/mol. The molecule has 0 unspecified atom stereocenters. The summed E-state index contributed by atoms with van der Waals surface area (Å²) >= 11 is 0. The predicted molar refractivity (Wildman–Crippen MR) is 267 cm³/mol. The molecule has 6 aromatic carbocycles. The van der Waals surface area contributed by atoms with Crippen LogP contribution >= 0.6 is 0 Å². The molecule has 0 aliphatic rings. The van der Waals surface area contributed by atoms with Gasteiger partial charge >= 0.3 is 0 Å². The van der Waals surface area contributed by atoms with Gasteiger partial charge in [0.2, 0.25) is 0 Å². The third kappa shape index (κ3) is 8.87. The Morgan fingerprint density at radius 2 is 1.24 bits per heavy atom. The Morgan fingerprint density at radius 1 is 0.556 bits per heavy atom. The fourth-order valence-corrected chi connectivity index (χ4v) is 8.69. The number of aromatic hydroxyl groups is 1. The Labute approximate surface area is 375 Å². The van der Waals surface area contributed by atoms with Gasteiger partial charge in [-0.2, -0.15) is 0 Å². The van der Waals surface area contributed by atoms with Crippen LogP contribution in [-0.4, -0.2) is 19.6 Å². The fourth-order valence-electron chi connectivity index (χ4n) is 8.69. The van der Waals surface area contributed by atoms with Crippen molar-refractivity contribution in [2.45, 2.75) is 106 Å². The standard InChI is InChI=1S/C59H63N3O/c1-37(2)29-42-33-47(25-26-48(42)40-17-14-13-15-18-40)62-53-20-16-19-49(54(53)61-56(62)50-35-46(58(7,8)9)36-51(55(50)63)59(10,11)12)43-30-44(32-45(31-43)57(4,5)6)52-34-41(27-28-60-52)39-23-21-38(3)22-24-39/h13-28,30-37,63H,29H2,1-12H3. The van der Waals surface area contributed by atoms with Crippen LogP contribution in [0, 0.1) is 12.8 Å². The normalized spacial score (nSPS) is 12.4. The molecule has 0 atom stereocenters. The average Bonchev–Trinajstić information content (AvgIpc) is 3.62. The number of aryl methyl sites for hydroxylation is 1. The highest BCUT2D eigenvalue weighted by Crippen LogP contribution is 2.45. The summed E-state index contributed by atoms with van der Waals surface area (Å²) in [6.45, 7) is 26.7. The van der Waals surface area contributed by atoms with Crippen LogP contribution in [-0.2, 0) is 22.7 Å². The fraction of sp³-hybridized carbons (Fsp3) is 0.288. The van der Waals surface area contributed by atoms with Crippen LogP contribution in [0.3, 0.4) is 0 Å². The van der Waals surface area contributed by atoms with E-state index in [9.17, 15) is 5.11 Å². The van der Waals surface area contributed by atoms with E-state index in [4.69, 9.17) is 9.97 Å². The molecular formula is C59H63N3O. The van der Waals surface area contributed by atoms with Crippen molar-refractivity contribution in [3.05, 3.63) is 167 Å². The summed E-state index contributed by atoms with van der Waals surface area (Å²) in [6, 6.07) is 48.3. The van der Waals surface area contributed by atoms with E-state index in [2.05, 4.69) is 221 Å². The van der Waals surface area contributed by atoms with Gasteiger partial charge in [-0.1, -0.05) is 167 Å². The second-order valence-electron chi connectivity index (χ2n) is 21.0. The third-order valence-corrected chi connectivity index (χ3v) is 12.3. The summed E-state index contributed by atoms with van der Waals surface area (Å²) in [4.78, 5) is 10.6. The number of para-hydroxylation sites is 1. The highest BCUT2D eigenvalue weighted by atomic mass is 16.3. The lowest BCUT2D eigenvalue weighted by molar-refractivity contribution is 0.446.